The van der Waals surface area contributed by atoms with Crippen LogP contribution in [0, 0.1) is 16.0 Å². The molecule has 0 aliphatic carbocycles. The summed E-state index contributed by atoms with van der Waals surface area (Å²) in [5.41, 5.74) is -0.0186. The molecule has 0 amide bonds. The quantitative estimate of drug-likeness (QED) is 0.653. The minimum absolute atomic E-state index is 0. The Morgan fingerprint density at radius 1 is 1.59 bits per heavy atom. The summed E-state index contributed by atoms with van der Waals surface area (Å²) in [5.74, 6) is 0.953. The minimum atomic E-state index is -0.475. The van der Waals surface area contributed by atoms with Crippen LogP contribution in [-0.4, -0.2) is 29.6 Å². The van der Waals surface area contributed by atoms with E-state index in [1.54, 1.807) is 0 Å². The Morgan fingerprint density at radius 2 is 2.41 bits per heavy atom. The summed E-state index contributed by atoms with van der Waals surface area (Å²) in [5, 5.41) is 13.6. The Kier molecular flexibility index (Phi) is 5.11. The maximum atomic E-state index is 10.4. The third-order valence-corrected chi connectivity index (χ3v) is 2.56. The molecule has 1 saturated heterocycles. The zero-order valence-electron chi connectivity index (χ0n) is 9.17. The van der Waals surface area contributed by atoms with Crippen molar-refractivity contribution in [3.8, 4) is 5.88 Å². The van der Waals surface area contributed by atoms with Gasteiger partial charge in [0.2, 0.25) is 5.88 Å². The number of ether oxygens (including phenoxy) is 1. The van der Waals surface area contributed by atoms with Gasteiger partial charge in [-0.3, -0.25) is 10.1 Å². The average molecular weight is 260 g/mol. The van der Waals surface area contributed by atoms with Crippen LogP contribution in [0.2, 0.25) is 0 Å². The largest absolute Gasteiger partial charge is 0.477 e. The number of nitrogens with one attached hydrogen (secondary N) is 1. The van der Waals surface area contributed by atoms with Crippen molar-refractivity contribution in [1.82, 2.24) is 10.3 Å². The van der Waals surface area contributed by atoms with Crippen molar-refractivity contribution < 1.29 is 9.66 Å². The summed E-state index contributed by atoms with van der Waals surface area (Å²) in [6.07, 6.45) is 2.31. The first-order chi connectivity index (χ1) is 7.75. The molecule has 1 atom stereocenters. The first-order valence-corrected chi connectivity index (χ1v) is 5.19. The van der Waals surface area contributed by atoms with Crippen molar-refractivity contribution in [2.75, 3.05) is 19.7 Å². The Hall–Kier alpha value is -1.40. The fraction of sp³-hybridized carbons (Fsp3) is 0.500. The van der Waals surface area contributed by atoms with E-state index < -0.39 is 4.92 Å². The van der Waals surface area contributed by atoms with Crippen molar-refractivity contribution in [2.45, 2.75) is 6.42 Å². The molecule has 1 aromatic rings. The summed E-state index contributed by atoms with van der Waals surface area (Å²) in [6, 6.07) is 2.93. The highest BCUT2D eigenvalue weighted by molar-refractivity contribution is 5.85. The molecule has 1 aromatic heterocycles. The van der Waals surface area contributed by atoms with Crippen LogP contribution in [0.25, 0.3) is 0 Å². The standard InChI is InChI=1S/C10H13N3O3.ClH/c14-13(15)9-1-2-10(12-6-9)16-7-8-3-4-11-5-8;/h1-2,6,8,11H,3-5,7H2;1H. The fourth-order valence-electron chi connectivity index (χ4n) is 1.63. The van der Waals surface area contributed by atoms with E-state index in [0.29, 0.717) is 18.4 Å². The van der Waals surface area contributed by atoms with E-state index >= 15 is 0 Å². The van der Waals surface area contributed by atoms with E-state index in [1.807, 2.05) is 0 Å². The maximum Gasteiger partial charge on any atom is 0.287 e. The molecule has 1 unspecified atom stereocenters. The zero-order valence-corrected chi connectivity index (χ0v) is 9.98. The Morgan fingerprint density at radius 3 is 2.94 bits per heavy atom. The number of hydrogen-bond acceptors (Lipinski definition) is 5. The molecule has 6 nitrogen and oxygen atoms in total. The topological polar surface area (TPSA) is 77.3 Å². The predicted octanol–water partition coefficient (Wildman–Crippen LogP) is 1.40. The lowest BCUT2D eigenvalue weighted by Crippen LogP contribution is -2.15. The van der Waals surface area contributed by atoms with Gasteiger partial charge in [-0.1, -0.05) is 0 Å². The normalized spacial score (nSPS) is 18.5. The zero-order chi connectivity index (χ0) is 11.4. The van der Waals surface area contributed by atoms with E-state index in [-0.39, 0.29) is 18.1 Å². The summed E-state index contributed by atoms with van der Waals surface area (Å²) >= 11 is 0. The van der Waals surface area contributed by atoms with Gasteiger partial charge in [0.05, 0.1) is 11.5 Å². The number of rotatable bonds is 4. The number of halogens is 1. The molecule has 0 aromatic carbocycles. The van der Waals surface area contributed by atoms with Crippen LogP contribution in [0.5, 0.6) is 5.88 Å². The van der Waals surface area contributed by atoms with E-state index in [1.165, 1.54) is 18.3 Å². The average Bonchev–Trinajstić information content (AvgIpc) is 2.80. The molecular formula is C10H14ClN3O3. The highest BCUT2D eigenvalue weighted by atomic mass is 35.5. The number of aromatic nitrogens is 1. The van der Waals surface area contributed by atoms with Gasteiger partial charge in [0.25, 0.3) is 5.69 Å². The Bertz CT molecular complexity index is 366. The van der Waals surface area contributed by atoms with Gasteiger partial charge >= 0.3 is 0 Å². The van der Waals surface area contributed by atoms with Gasteiger partial charge in [-0.2, -0.15) is 0 Å². The van der Waals surface area contributed by atoms with Crippen molar-refractivity contribution in [3.63, 3.8) is 0 Å². The number of hydrogen-bond donors (Lipinski definition) is 1. The van der Waals surface area contributed by atoms with E-state index in [4.69, 9.17) is 4.74 Å². The molecule has 0 saturated carbocycles. The van der Waals surface area contributed by atoms with Crippen LogP contribution in [0.15, 0.2) is 18.3 Å². The second-order valence-corrected chi connectivity index (χ2v) is 3.78. The van der Waals surface area contributed by atoms with Crippen LogP contribution >= 0.6 is 12.4 Å². The van der Waals surface area contributed by atoms with Gasteiger partial charge in [0, 0.05) is 24.6 Å². The predicted molar refractivity (Wildman–Crippen MR) is 64.6 cm³/mol. The van der Waals surface area contributed by atoms with Gasteiger partial charge in [0.1, 0.15) is 6.20 Å². The van der Waals surface area contributed by atoms with Crippen LogP contribution in [0.4, 0.5) is 5.69 Å². The van der Waals surface area contributed by atoms with Crippen molar-refractivity contribution >= 4 is 18.1 Å². The molecule has 1 N–H and O–H groups in total. The van der Waals surface area contributed by atoms with Gasteiger partial charge in [-0.05, 0) is 13.0 Å². The lowest BCUT2D eigenvalue weighted by molar-refractivity contribution is -0.385. The fourth-order valence-corrected chi connectivity index (χ4v) is 1.63. The lowest BCUT2D eigenvalue weighted by Gasteiger charge is -2.09. The third-order valence-electron chi connectivity index (χ3n) is 2.56. The van der Waals surface area contributed by atoms with Crippen LogP contribution in [0.3, 0.4) is 0 Å². The molecule has 2 heterocycles. The van der Waals surface area contributed by atoms with Crippen LogP contribution < -0.4 is 10.1 Å². The number of pyridine rings is 1. The van der Waals surface area contributed by atoms with Crippen molar-refractivity contribution in [2.24, 2.45) is 5.92 Å². The lowest BCUT2D eigenvalue weighted by atomic mass is 10.1. The van der Waals surface area contributed by atoms with Gasteiger partial charge < -0.3 is 10.1 Å². The van der Waals surface area contributed by atoms with Gasteiger partial charge in [-0.25, -0.2) is 4.98 Å². The molecule has 1 aliphatic rings. The molecule has 0 radical (unpaired) electrons. The Balaban J connectivity index is 0.00000144. The molecule has 0 bridgehead atoms. The molecule has 1 fully saturated rings. The smallest absolute Gasteiger partial charge is 0.287 e. The molecule has 2 rings (SSSR count). The van der Waals surface area contributed by atoms with Crippen LogP contribution in [0.1, 0.15) is 6.42 Å². The Labute approximate surface area is 105 Å². The molecular weight excluding hydrogens is 246 g/mol. The van der Waals surface area contributed by atoms with Crippen molar-refractivity contribution in [3.05, 3.63) is 28.4 Å². The summed E-state index contributed by atoms with van der Waals surface area (Å²) in [4.78, 5) is 13.8. The van der Waals surface area contributed by atoms with Gasteiger partial charge in [-0.15, -0.1) is 12.4 Å². The molecule has 1 aliphatic heterocycles. The summed E-state index contributed by atoms with van der Waals surface area (Å²) < 4.78 is 5.45. The maximum absolute atomic E-state index is 10.4. The van der Waals surface area contributed by atoms with Gasteiger partial charge in [0.15, 0.2) is 0 Å². The molecule has 94 valence electrons. The highest BCUT2D eigenvalue weighted by Gasteiger charge is 2.15. The number of nitro groups is 1. The highest BCUT2D eigenvalue weighted by Crippen LogP contribution is 2.15. The van der Waals surface area contributed by atoms with E-state index in [9.17, 15) is 10.1 Å². The molecule has 17 heavy (non-hydrogen) atoms. The first-order valence-electron chi connectivity index (χ1n) is 5.19. The van der Waals surface area contributed by atoms with E-state index in [0.717, 1.165) is 19.5 Å². The second-order valence-electron chi connectivity index (χ2n) is 3.78. The molecule has 7 heteroatoms. The van der Waals surface area contributed by atoms with Crippen molar-refractivity contribution in [1.29, 1.82) is 0 Å². The van der Waals surface area contributed by atoms with E-state index in [2.05, 4.69) is 10.3 Å². The number of nitrogens with zero attached hydrogens (tertiary/aromatic N) is 2. The monoisotopic (exact) mass is 259 g/mol. The first kappa shape index (κ1) is 13.7. The summed E-state index contributed by atoms with van der Waals surface area (Å²) in [6.45, 7) is 2.60. The van der Waals surface area contributed by atoms with Crippen LogP contribution in [-0.2, 0) is 0 Å². The SMILES string of the molecule is Cl.O=[N+]([O-])c1ccc(OCC2CCNC2)nc1. The summed E-state index contributed by atoms with van der Waals surface area (Å²) in [7, 11) is 0. The second kappa shape index (κ2) is 6.36. The third kappa shape index (κ3) is 3.83. The molecule has 0 spiro atoms. The minimum Gasteiger partial charge on any atom is -0.477 e.